The number of hydrogen-bond donors (Lipinski definition) is 1. The van der Waals surface area contributed by atoms with Gasteiger partial charge in [-0.3, -0.25) is 0 Å². The van der Waals surface area contributed by atoms with Gasteiger partial charge < -0.3 is 20.1 Å². The van der Waals surface area contributed by atoms with Crippen LogP contribution in [0.2, 0.25) is 0 Å². The minimum absolute atomic E-state index is 0.213. The highest BCUT2D eigenvalue weighted by molar-refractivity contribution is 7.20. The molecule has 0 radical (unpaired) electrons. The molecule has 0 aliphatic carbocycles. The molecule has 1 saturated heterocycles. The first kappa shape index (κ1) is 13.6. The molecule has 1 aromatic rings. The number of nitriles is 1. The molecule has 2 rings (SSSR count). The molecule has 0 amide bonds. The second-order valence-corrected chi connectivity index (χ2v) is 4.98. The van der Waals surface area contributed by atoms with Gasteiger partial charge in [-0.2, -0.15) is 5.26 Å². The van der Waals surface area contributed by atoms with Gasteiger partial charge in [-0.05, 0) is 6.92 Å². The van der Waals surface area contributed by atoms with Gasteiger partial charge in [0.2, 0.25) is 0 Å². The molecule has 1 aromatic heterocycles. The predicted octanol–water partition coefficient (Wildman–Crippen LogP) is 1.22. The molecule has 0 aromatic carbocycles. The molecule has 1 aliphatic rings. The van der Waals surface area contributed by atoms with Gasteiger partial charge in [-0.15, -0.1) is 0 Å². The van der Waals surface area contributed by atoms with Crippen LogP contribution in [-0.4, -0.2) is 38.9 Å². The van der Waals surface area contributed by atoms with Crippen LogP contribution in [0.5, 0.6) is 0 Å². The van der Waals surface area contributed by atoms with Crippen molar-refractivity contribution in [3.8, 4) is 6.07 Å². The zero-order valence-corrected chi connectivity index (χ0v) is 11.5. The second kappa shape index (κ2) is 5.91. The standard InChI is InChI=1S/C12H15N3O3S/c1-2-18-12(16)9-8(7-13)10(14)19-11(9)15-3-5-17-6-4-15/h2-6,14H2,1H3. The lowest BCUT2D eigenvalue weighted by molar-refractivity contribution is 0.0526. The molecule has 1 aliphatic heterocycles. The van der Waals surface area contributed by atoms with Gasteiger partial charge in [-0.1, -0.05) is 11.3 Å². The molecule has 0 spiro atoms. The number of rotatable bonds is 3. The van der Waals surface area contributed by atoms with Gasteiger partial charge in [0.05, 0.1) is 19.8 Å². The number of nitrogen functional groups attached to an aromatic ring is 1. The van der Waals surface area contributed by atoms with E-state index in [1.807, 2.05) is 11.0 Å². The molecule has 0 saturated carbocycles. The summed E-state index contributed by atoms with van der Waals surface area (Å²) in [5, 5.41) is 10.2. The highest BCUT2D eigenvalue weighted by atomic mass is 32.1. The number of thiophene rings is 1. The van der Waals surface area contributed by atoms with Crippen LogP contribution in [0.15, 0.2) is 0 Å². The zero-order chi connectivity index (χ0) is 13.8. The molecule has 102 valence electrons. The highest BCUT2D eigenvalue weighted by Gasteiger charge is 2.28. The van der Waals surface area contributed by atoms with Crippen molar-refractivity contribution in [2.24, 2.45) is 0 Å². The van der Waals surface area contributed by atoms with Gasteiger partial charge in [0.15, 0.2) is 0 Å². The number of anilines is 2. The first-order valence-corrected chi connectivity index (χ1v) is 6.82. The van der Waals surface area contributed by atoms with E-state index in [-0.39, 0.29) is 17.7 Å². The Kier molecular flexibility index (Phi) is 4.24. The van der Waals surface area contributed by atoms with Crippen LogP contribution in [0.1, 0.15) is 22.8 Å². The summed E-state index contributed by atoms with van der Waals surface area (Å²) >= 11 is 1.25. The van der Waals surface area contributed by atoms with Crippen LogP contribution in [-0.2, 0) is 9.47 Å². The van der Waals surface area contributed by atoms with E-state index in [9.17, 15) is 4.79 Å². The van der Waals surface area contributed by atoms with E-state index in [2.05, 4.69) is 0 Å². The normalized spacial score (nSPS) is 15.1. The topological polar surface area (TPSA) is 88.6 Å². The van der Waals surface area contributed by atoms with Crippen LogP contribution in [0, 0.1) is 11.3 Å². The average Bonchev–Trinajstić information content (AvgIpc) is 2.77. The summed E-state index contributed by atoms with van der Waals surface area (Å²) in [5.74, 6) is -0.492. The van der Waals surface area contributed by atoms with Gasteiger partial charge >= 0.3 is 5.97 Å². The Hall–Kier alpha value is -1.78. The summed E-state index contributed by atoms with van der Waals surface area (Å²) in [4.78, 5) is 14.0. The van der Waals surface area contributed by atoms with Gasteiger partial charge in [0, 0.05) is 13.1 Å². The number of ether oxygens (including phenoxy) is 2. The van der Waals surface area contributed by atoms with E-state index >= 15 is 0 Å². The molecule has 19 heavy (non-hydrogen) atoms. The van der Waals surface area contributed by atoms with Gasteiger partial charge in [-0.25, -0.2) is 4.79 Å². The average molecular weight is 281 g/mol. The quantitative estimate of drug-likeness (QED) is 0.838. The fourth-order valence-electron chi connectivity index (χ4n) is 1.93. The number of carbonyl (C=O) groups is 1. The molecule has 6 nitrogen and oxygen atoms in total. The number of hydrogen-bond acceptors (Lipinski definition) is 7. The molecule has 1 fully saturated rings. The maximum atomic E-state index is 12.0. The summed E-state index contributed by atoms with van der Waals surface area (Å²) in [6.07, 6.45) is 0. The molecule has 2 N–H and O–H groups in total. The third-order valence-corrected chi connectivity index (χ3v) is 3.89. The molecule has 2 heterocycles. The van der Waals surface area contributed by atoms with Crippen LogP contribution in [0.3, 0.4) is 0 Å². The van der Waals surface area contributed by atoms with Crippen LogP contribution in [0.4, 0.5) is 10.0 Å². The lowest BCUT2D eigenvalue weighted by Gasteiger charge is -2.28. The fourth-order valence-corrected chi connectivity index (χ4v) is 2.99. The minimum Gasteiger partial charge on any atom is -0.462 e. The Morgan fingerprint density at radius 3 is 2.84 bits per heavy atom. The van der Waals surface area contributed by atoms with E-state index in [1.54, 1.807) is 6.92 Å². The van der Waals surface area contributed by atoms with Crippen molar-refractivity contribution >= 4 is 27.3 Å². The van der Waals surface area contributed by atoms with Gasteiger partial charge in [0.1, 0.15) is 27.2 Å². The summed E-state index contributed by atoms with van der Waals surface area (Å²) < 4.78 is 10.3. The van der Waals surface area contributed by atoms with Crippen LogP contribution < -0.4 is 10.6 Å². The predicted molar refractivity (Wildman–Crippen MR) is 72.4 cm³/mol. The summed E-state index contributed by atoms with van der Waals surface area (Å²) in [6, 6.07) is 1.99. The molecular weight excluding hydrogens is 266 g/mol. The SMILES string of the molecule is CCOC(=O)c1c(N2CCOCC2)sc(N)c1C#N. The van der Waals surface area contributed by atoms with E-state index < -0.39 is 5.97 Å². The molecular formula is C12H15N3O3S. The maximum absolute atomic E-state index is 12.0. The van der Waals surface area contributed by atoms with Gasteiger partial charge in [0.25, 0.3) is 0 Å². The summed E-state index contributed by atoms with van der Waals surface area (Å²) in [5.41, 5.74) is 6.32. The van der Waals surface area contributed by atoms with E-state index in [0.29, 0.717) is 36.3 Å². The van der Waals surface area contributed by atoms with Crippen molar-refractivity contribution in [2.45, 2.75) is 6.92 Å². The first-order valence-electron chi connectivity index (χ1n) is 6.01. The zero-order valence-electron chi connectivity index (χ0n) is 10.6. The Morgan fingerprint density at radius 1 is 1.58 bits per heavy atom. The first-order chi connectivity index (χ1) is 9.19. The van der Waals surface area contributed by atoms with Crippen molar-refractivity contribution in [3.05, 3.63) is 11.1 Å². The largest absolute Gasteiger partial charge is 0.462 e. The third-order valence-electron chi connectivity index (χ3n) is 2.81. The Bertz CT molecular complexity index is 515. The number of nitrogens with zero attached hydrogens (tertiary/aromatic N) is 2. The van der Waals surface area contributed by atoms with E-state index in [4.69, 9.17) is 20.5 Å². The lowest BCUT2D eigenvalue weighted by Crippen LogP contribution is -2.36. The Balaban J connectivity index is 2.42. The lowest BCUT2D eigenvalue weighted by atomic mass is 10.2. The van der Waals surface area contributed by atoms with Crippen molar-refractivity contribution in [2.75, 3.05) is 43.5 Å². The van der Waals surface area contributed by atoms with Crippen LogP contribution in [0.25, 0.3) is 0 Å². The molecule has 0 atom stereocenters. The van der Waals surface area contributed by atoms with E-state index in [0.717, 1.165) is 0 Å². The van der Waals surface area contributed by atoms with Crippen molar-refractivity contribution in [1.82, 2.24) is 0 Å². The van der Waals surface area contributed by atoms with E-state index in [1.165, 1.54) is 11.3 Å². The smallest absolute Gasteiger partial charge is 0.342 e. The van der Waals surface area contributed by atoms with Crippen molar-refractivity contribution in [1.29, 1.82) is 5.26 Å². The monoisotopic (exact) mass is 281 g/mol. The number of nitrogens with two attached hydrogens (primary N) is 1. The number of carbonyl (C=O) groups excluding carboxylic acids is 1. The summed E-state index contributed by atoms with van der Waals surface area (Å²) in [7, 11) is 0. The molecule has 0 bridgehead atoms. The van der Waals surface area contributed by atoms with Crippen LogP contribution >= 0.6 is 11.3 Å². The number of esters is 1. The van der Waals surface area contributed by atoms with Crippen molar-refractivity contribution < 1.29 is 14.3 Å². The Morgan fingerprint density at radius 2 is 2.26 bits per heavy atom. The van der Waals surface area contributed by atoms with Crippen molar-refractivity contribution in [3.63, 3.8) is 0 Å². The minimum atomic E-state index is -0.492. The summed E-state index contributed by atoms with van der Waals surface area (Å²) in [6.45, 7) is 4.55. The molecule has 7 heteroatoms. The Labute approximate surface area is 115 Å². The highest BCUT2D eigenvalue weighted by Crippen LogP contribution is 2.38. The maximum Gasteiger partial charge on any atom is 0.342 e. The number of morpholine rings is 1. The molecule has 0 unspecified atom stereocenters. The second-order valence-electron chi connectivity index (χ2n) is 3.95. The fraction of sp³-hybridized carbons (Fsp3) is 0.500. The third kappa shape index (κ3) is 2.64.